The summed E-state index contributed by atoms with van der Waals surface area (Å²) in [4.78, 5) is 14.5. The van der Waals surface area contributed by atoms with Crippen LogP contribution in [0.2, 0.25) is 0 Å². The first kappa shape index (κ1) is 61.2. The Morgan fingerprint density at radius 1 is 0.738 bits per heavy atom. The van der Waals surface area contributed by atoms with Crippen molar-refractivity contribution in [2.75, 3.05) is 16.8 Å². The minimum Gasteiger partial charge on any atom is -0.481 e. The summed E-state index contributed by atoms with van der Waals surface area (Å²) in [5.41, 5.74) is 6.42. The number of nitrogens with zero attached hydrogens (tertiary/aromatic N) is 1. The van der Waals surface area contributed by atoms with Gasteiger partial charge in [-0.1, -0.05) is 105 Å². The summed E-state index contributed by atoms with van der Waals surface area (Å²) in [6.07, 6.45) is 2.75. The lowest BCUT2D eigenvalue weighted by Gasteiger charge is -2.31. The first-order chi connectivity index (χ1) is 37.5. The number of para-hydroxylation sites is 2. The fraction of sp³-hybridized carbons (Fsp3) is 0.333. The molecular formula is C57H59F6N3O10S4. The monoisotopic (exact) mass is 1190 g/mol. The van der Waals surface area contributed by atoms with Crippen LogP contribution in [0.15, 0.2) is 136 Å². The van der Waals surface area contributed by atoms with Gasteiger partial charge in [0.15, 0.2) is 0 Å². The summed E-state index contributed by atoms with van der Waals surface area (Å²) in [6, 6.07) is 29.6. The number of hydrogen-bond acceptors (Lipinski definition) is 12. The van der Waals surface area contributed by atoms with Gasteiger partial charge >= 0.3 is 32.5 Å². The molecule has 1 aliphatic heterocycles. The Balaban J connectivity index is 1.27. The van der Waals surface area contributed by atoms with Gasteiger partial charge in [-0.3, -0.25) is 4.79 Å². The van der Waals surface area contributed by atoms with Crippen molar-refractivity contribution in [1.29, 1.82) is 0 Å². The number of sulfonamides is 2. The summed E-state index contributed by atoms with van der Waals surface area (Å²) >= 11 is 1.38. The van der Waals surface area contributed by atoms with Gasteiger partial charge in [-0.2, -0.15) is 46.5 Å². The minimum atomic E-state index is -7.54. The lowest BCUT2D eigenvalue weighted by atomic mass is 9.93. The van der Waals surface area contributed by atoms with Gasteiger partial charge in [0.1, 0.15) is 17.1 Å². The van der Waals surface area contributed by atoms with Gasteiger partial charge in [-0.25, -0.2) is 21.8 Å². The highest BCUT2D eigenvalue weighted by atomic mass is 32.3. The molecule has 1 heterocycles. The summed E-state index contributed by atoms with van der Waals surface area (Å²) in [5.74, 6) is -7.77. The lowest BCUT2D eigenvalue weighted by molar-refractivity contribution is -0.245. The van der Waals surface area contributed by atoms with E-state index in [-0.39, 0.29) is 39.8 Å². The van der Waals surface area contributed by atoms with Gasteiger partial charge < -0.3 is 19.0 Å². The summed E-state index contributed by atoms with van der Waals surface area (Å²) < 4.78 is 186. The van der Waals surface area contributed by atoms with E-state index in [1.54, 1.807) is 36.4 Å². The number of carboxylic acids is 1. The van der Waals surface area contributed by atoms with E-state index in [1.807, 2.05) is 50.2 Å². The molecule has 0 radical (unpaired) electrons. The highest BCUT2D eigenvalue weighted by Gasteiger charge is 2.83. The molecule has 23 heteroatoms. The van der Waals surface area contributed by atoms with Crippen LogP contribution in [0.25, 0.3) is 33.4 Å². The second-order valence-electron chi connectivity index (χ2n) is 19.9. The van der Waals surface area contributed by atoms with Gasteiger partial charge in [0.25, 0.3) is 20.0 Å². The lowest BCUT2D eigenvalue weighted by Crippen LogP contribution is -2.63. The Bertz CT molecular complexity index is 3770. The second kappa shape index (κ2) is 24.4. The van der Waals surface area contributed by atoms with Crippen LogP contribution in [-0.2, 0) is 60.6 Å². The largest absolute Gasteiger partial charge is 0.481 e. The molecule has 2 aliphatic rings. The van der Waals surface area contributed by atoms with Gasteiger partial charge in [0.2, 0.25) is 0 Å². The molecule has 428 valence electrons. The average molecular weight is 1190 g/mol. The molecule has 0 atom stereocenters. The number of rotatable bonds is 25. The topological polar surface area (TPSA) is 199 Å². The van der Waals surface area contributed by atoms with Crippen LogP contribution in [0.4, 0.5) is 43.4 Å². The number of thioether (sulfide) groups is 1. The standard InChI is InChI=1S/C57H59F6N3O10S4/c1-7-39-14-10-13-37(6)53(39)64-42-22-26-45-48(33-42)75-49-34-43(65-54-40(31-35(2)3)15-11-16-41(54)32-36(4)5)23-27-46(49)52(45)47-17-8-9-18-50(47)78(69,70)66-79(71,72)56(60,61)55(58,59)57(62,63)80(73,74)76-44-24-20-38(21-25-44)28-30-77-29-12-19-51(67)68/h8-11,13-18,20-27,33-36,65-66H,7,12,19,28-32H2,1-6H3,(H,67,68). The zero-order valence-electron chi connectivity index (χ0n) is 44.3. The molecule has 0 spiro atoms. The molecular weight excluding hydrogens is 1130 g/mol. The number of carboxylic acid groups (broad SMARTS) is 1. The van der Waals surface area contributed by atoms with E-state index in [0.29, 0.717) is 69.0 Å². The number of anilines is 2. The Labute approximate surface area is 465 Å². The van der Waals surface area contributed by atoms with Crippen molar-refractivity contribution >= 4 is 75.9 Å². The molecule has 0 unspecified atom stereocenters. The normalized spacial score (nSPS) is 13.2. The van der Waals surface area contributed by atoms with E-state index in [0.717, 1.165) is 77.2 Å². The van der Waals surface area contributed by atoms with Crippen molar-refractivity contribution in [2.45, 2.75) is 101 Å². The van der Waals surface area contributed by atoms with Crippen LogP contribution in [0.5, 0.6) is 5.75 Å². The second-order valence-corrected chi connectivity index (χ2v) is 26.4. The molecule has 5 aromatic carbocycles. The number of halogens is 6. The van der Waals surface area contributed by atoms with Crippen LogP contribution in [0.1, 0.15) is 75.3 Å². The molecule has 0 saturated carbocycles. The van der Waals surface area contributed by atoms with Crippen LogP contribution in [0, 0.1) is 18.8 Å². The third-order valence-corrected chi connectivity index (χ3v) is 18.8. The molecule has 5 aromatic rings. The first-order valence-electron chi connectivity index (χ1n) is 25.3. The first-order valence-corrected chi connectivity index (χ1v) is 30.9. The third-order valence-electron chi connectivity index (χ3n) is 12.8. The molecule has 0 saturated heterocycles. The van der Waals surface area contributed by atoms with Gasteiger partial charge in [-0.15, -0.1) is 0 Å². The van der Waals surface area contributed by atoms with Crippen molar-refractivity contribution in [3.05, 3.63) is 155 Å². The molecule has 0 amide bonds. The van der Waals surface area contributed by atoms with Crippen molar-refractivity contribution in [1.82, 2.24) is 4.13 Å². The molecule has 1 aliphatic carbocycles. The van der Waals surface area contributed by atoms with Gasteiger partial charge in [-0.05, 0) is 133 Å². The molecule has 0 aromatic heterocycles. The molecule has 80 heavy (non-hydrogen) atoms. The number of aryl methyl sites for hydroxylation is 3. The smallest absolute Gasteiger partial charge is 0.450 e. The fourth-order valence-corrected chi connectivity index (χ4v) is 14.0. The van der Waals surface area contributed by atoms with E-state index in [4.69, 9.17) is 14.5 Å². The highest BCUT2D eigenvalue weighted by molar-refractivity contribution is 8.05. The number of fused-ring (bicyclic) bond motifs is 2. The van der Waals surface area contributed by atoms with Crippen molar-refractivity contribution in [3.63, 3.8) is 0 Å². The predicted octanol–water partition coefficient (Wildman–Crippen LogP) is 13.4. The van der Waals surface area contributed by atoms with E-state index < -0.39 is 63.2 Å². The molecule has 0 fully saturated rings. The number of alkyl halides is 6. The Morgan fingerprint density at radius 2 is 1.38 bits per heavy atom. The van der Waals surface area contributed by atoms with Gasteiger partial charge in [0, 0.05) is 52.0 Å². The van der Waals surface area contributed by atoms with Crippen LogP contribution in [-0.4, -0.2) is 64.3 Å². The van der Waals surface area contributed by atoms with E-state index >= 15 is 26.3 Å². The SMILES string of the molecule is CCc1cccc(C)c1N=c1ccc2c(-c3ccccc3S(=O)(=O)NS(=O)(=O)C(F)(F)C(F)(F)C(F)(F)S(=O)(=O)Oc3ccc(CCSCCCC(=O)O)cc3)c3ccc(Nc4c(CC(C)C)cccc4CC(C)C)cc3oc-2c1. The van der Waals surface area contributed by atoms with Crippen molar-refractivity contribution in [2.24, 2.45) is 16.8 Å². The maximum absolute atomic E-state index is 15.8. The Kier molecular flexibility index (Phi) is 18.6. The molecule has 7 rings (SSSR count). The average Bonchev–Trinajstić information content (AvgIpc) is 3.47. The Morgan fingerprint density at radius 3 is 2.01 bits per heavy atom. The number of hydrogen-bond donors (Lipinski definition) is 3. The summed E-state index contributed by atoms with van der Waals surface area (Å²) in [7, 11) is -20.8. The number of aliphatic carboxylic acids is 1. The Hall–Kier alpha value is -6.40. The fourth-order valence-electron chi connectivity index (χ4n) is 8.94. The maximum Gasteiger partial charge on any atom is 0.450 e. The summed E-state index contributed by atoms with van der Waals surface area (Å²) in [6.45, 7) is 12.2. The van der Waals surface area contributed by atoms with E-state index in [2.05, 4.69) is 37.2 Å². The minimum absolute atomic E-state index is 0.0235. The zero-order chi connectivity index (χ0) is 58.6. The molecule has 13 nitrogen and oxygen atoms in total. The van der Waals surface area contributed by atoms with E-state index in [9.17, 15) is 30.0 Å². The van der Waals surface area contributed by atoms with E-state index in [1.165, 1.54) is 23.9 Å². The quantitative estimate of drug-likeness (QED) is 0.0212. The maximum atomic E-state index is 15.8. The number of benzene rings is 6. The van der Waals surface area contributed by atoms with Crippen molar-refractivity contribution in [3.8, 4) is 28.2 Å². The third kappa shape index (κ3) is 13.2. The predicted molar refractivity (Wildman–Crippen MR) is 299 cm³/mol. The van der Waals surface area contributed by atoms with Gasteiger partial charge in [0.05, 0.1) is 15.9 Å². The highest BCUT2D eigenvalue weighted by Crippen LogP contribution is 2.52. The van der Waals surface area contributed by atoms with Crippen molar-refractivity contribution < 1.29 is 70.1 Å². The number of carbonyl (C=O) groups is 1. The van der Waals surface area contributed by atoms with Crippen LogP contribution < -0.4 is 19.0 Å². The van der Waals surface area contributed by atoms with Crippen LogP contribution in [0.3, 0.4) is 0 Å². The zero-order valence-corrected chi connectivity index (χ0v) is 47.6. The van der Waals surface area contributed by atoms with Crippen LogP contribution >= 0.6 is 11.8 Å². The summed E-state index contributed by atoms with van der Waals surface area (Å²) in [5, 5.41) is -1.27. The molecule has 3 N–H and O–H groups in total. The molecule has 0 bridgehead atoms. The number of nitrogens with one attached hydrogen (secondary N) is 2.